The first kappa shape index (κ1) is 55.1. The smallest absolute Gasteiger partial charge is 0.364 e. The molecule has 30 heteroatoms. The molecule has 0 aromatic rings. The fourth-order valence-corrected chi connectivity index (χ4v) is 8.04. The molecule has 30 nitrogen and oxygen atoms in total. The Labute approximate surface area is 373 Å². The molecule has 4 saturated heterocycles. The summed E-state index contributed by atoms with van der Waals surface area (Å²) >= 11 is 0. The Balaban J connectivity index is 1.66. The molecule has 4 aliphatic heterocycles. The van der Waals surface area contributed by atoms with Crippen LogP contribution in [-0.4, -0.2) is 267 Å². The van der Waals surface area contributed by atoms with E-state index in [-0.39, 0.29) is 0 Å². The number of aliphatic hydroxyl groups excluding tert-OH is 13. The Bertz CT molecular complexity index is 1680. The first-order valence-electron chi connectivity index (χ1n) is 20.3. The topological polar surface area (TPSA) is 490 Å². The molecule has 0 aromatic heterocycles. The van der Waals surface area contributed by atoms with Crippen molar-refractivity contribution in [2.24, 2.45) is 0 Å². The van der Waals surface area contributed by atoms with Gasteiger partial charge in [-0.05, 0) is 0 Å². The van der Waals surface area contributed by atoms with Gasteiger partial charge in [0.15, 0.2) is 12.6 Å². The number of nitrogens with one attached hydrogen (secondary N) is 3. The van der Waals surface area contributed by atoms with E-state index in [4.69, 9.17) is 33.2 Å². The van der Waals surface area contributed by atoms with Crippen LogP contribution in [-0.2, 0) is 57.1 Å². The number of aliphatic carboxylic acids is 2. The Hall–Kier alpha value is -3.45. The molecule has 0 saturated carbocycles. The largest absolute Gasteiger partial charge is 0.477 e. The quantitative estimate of drug-likeness (QED) is 0.0571. The maximum Gasteiger partial charge on any atom is 0.364 e. The first-order valence-corrected chi connectivity index (χ1v) is 20.3. The van der Waals surface area contributed by atoms with Crippen LogP contribution in [0.3, 0.4) is 0 Å². The van der Waals surface area contributed by atoms with E-state index in [1.54, 1.807) is 0 Å². The number of carboxylic acid groups (broad SMARTS) is 2. The third-order valence-electron chi connectivity index (χ3n) is 11.4. The lowest BCUT2D eigenvalue weighted by molar-refractivity contribution is -0.382. The van der Waals surface area contributed by atoms with Gasteiger partial charge in [0.05, 0.1) is 50.7 Å². The van der Waals surface area contributed by atoms with Gasteiger partial charge in [-0.2, -0.15) is 0 Å². The zero-order valence-corrected chi connectivity index (χ0v) is 35.4. The summed E-state index contributed by atoms with van der Waals surface area (Å²) in [4.78, 5) is 61.8. The Morgan fingerprint density at radius 1 is 0.621 bits per heavy atom. The minimum atomic E-state index is -3.19. The van der Waals surface area contributed by atoms with Crippen molar-refractivity contribution in [3.8, 4) is 0 Å². The van der Waals surface area contributed by atoms with E-state index in [1.165, 1.54) is 0 Å². The van der Waals surface area contributed by atoms with Crippen LogP contribution in [0.1, 0.15) is 33.6 Å². The Morgan fingerprint density at radius 3 is 1.50 bits per heavy atom. The molecule has 0 radical (unpaired) electrons. The van der Waals surface area contributed by atoms with Crippen LogP contribution in [0, 0.1) is 0 Å². The van der Waals surface area contributed by atoms with E-state index in [0.717, 1.165) is 20.8 Å². The van der Waals surface area contributed by atoms with Crippen molar-refractivity contribution in [3.05, 3.63) is 0 Å². The molecular weight excluding hydrogens is 906 g/mol. The van der Waals surface area contributed by atoms with Gasteiger partial charge in [0.1, 0.15) is 85.4 Å². The minimum Gasteiger partial charge on any atom is -0.477 e. The summed E-state index contributed by atoms with van der Waals surface area (Å²) in [6.45, 7) is -1.53. The minimum absolute atomic E-state index is 0.790. The SMILES string of the molecule is CC(=O)N[C@H]1[C@H]([C@H](O)[C@H](O)CO)O[C@@](OC[C@H]2OC(O)[C@H](NC(C)=O)[C@@H](O[C@@H]3O[C@H](CO)[C@@H](O)[C@H](O[C@]4(C(=O)O)C[C@H](O)[C@@H](NC(C)=O)[C@H]([C@H](O)[C@H](O)CO)O4)[C@H]3O)[C@H]2O)(C(=O)O)C[C@@H]1O. The Morgan fingerprint density at radius 2 is 1.06 bits per heavy atom. The highest BCUT2D eigenvalue weighted by Crippen LogP contribution is 2.39. The highest BCUT2D eigenvalue weighted by atomic mass is 16.8. The van der Waals surface area contributed by atoms with E-state index >= 15 is 0 Å². The van der Waals surface area contributed by atoms with Crippen molar-refractivity contribution in [1.82, 2.24) is 16.0 Å². The predicted octanol–water partition coefficient (Wildman–Crippen LogP) is -10.9. The summed E-state index contributed by atoms with van der Waals surface area (Å²) < 4.78 is 39.1. The van der Waals surface area contributed by atoms with Gasteiger partial charge < -0.3 is 126 Å². The molecule has 4 fully saturated rings. The van der Waals surface area contributed by atoms with Crippen molar-refractivity contribution >= 4 is 29.7 Å². The summed E-state index contributed by atoms with van der Waals surface area (Å²) in [5.74, 6) is -12.7. The maximum atomic E-state index is 12.9. The molecular formula is C36H59N3O27. The molecule has 0 aromatic carbocycles. The summed E-state index contributed by atoms with van der Waals surface area (Å²) in [6, 6.07) is -5.07. The average molecular weight is 966 g/mol. The zero-order valence-electron chi connectivity index (χ0n) is 35.4. The second-order valence-corrected chi connectivity index (χ2v) is 16.2. The van der Waals surface area contributed by atoms with Gasteiger partial charge in [-0.3, -0.25) is 14.4 Å². The molecule has 0 bridgehead atoms. The Kier molecular flexibility index (Phi) is 19.0. The van der Waals surface area contributed by atoms with E-state index in [1.807, 2.05) is 0 Å². The lowest BCUT2D eigenvalue weighted by atomic mass is 9.88. The maximum absolute atomic E-state index is 12.9. The first-order chi connectivity index (χ1) is 30.8. The number of aliphatic hydroxyl groups is 13. The van der Waals surface area contributed by atoms with Crippen LogP contribution in [0.25, 0.3) is 0 Å². The van der Waals surface area contributed by atoms with Crippen LogP contribution in [0.2, 0.25) is 0 Å². The fraction of sp³-hybridized carbons (Fsp3) is 0.861. The van der Waals surface area contributed by atoms with E-state index in [0.29, 0.717) is 0 Å². The molecule has 3 amide bonds. The fourth-order valence-electron chi connectivity index (χ4n) is 8.04. The molecule has 380 valence electrons. The molecule has 4 rings (SSSR count). The van der Waals surface area contributed by atoms with Crippen LogP contribution in [0.4, 0.5) is 0 Å². The molecule has 1 unspecified atom stereocenters. The number of rotatable bonds is 19. The second-order valence-electron chi connectivity index (χ2n) is 16.2. The van der Waals surface area contributed by atoms with Crippen molar-refractivity contribution < 1.29 is 134 Å². The van der Waals surface area contributed by atoms with Gasteiger partial charge in [-0.25, -0.2) is 9.59 Å². The van der Waals surface area contributed by atoms with E-state index in [9.17, 15) is 101 Å². The number of hydrogen-bond donors (Lipinski definition) is 18. The monoisotopic (exact) mass is 965 g/mol. The summed E-state index contributed by atoms with van der Waals surface area (Å²) in [6.07, 6.45) is -38.0. The lowest BCUT2D eigenvalue weighted by Gasteiger charge is -2.51. The van der Waals surface area contributed by atoms with Gasteiger partial charge >= 0.3 is 11.9 Å². The number of carbonyl (C=O) groups is 5. The number of hydrogen-bond acceptors (Lipinski definition) is 25. The van der Waals surface area contributed by atoms with Crippen molar-refractivity contribution in [2.45, 2.75) is 167 Å². The summed E-state index contributed by atoms with van der Waals surface area (Å²) in [7, 11) is 0. The standard InChI is InChI=1S/C36H59N3O27/c1-10(43)37-19-13(46)4-35(33(56)57,64-28(19)22(50)15(48)6-40)60-9-18-25(53)27(21(31(55)61-18)39-12(3)45)63-32-26(54)30(24(52)17(8-42)62-32)66-36(34(58)59)5-14(47)20(38-11(2)44)29(65-36)23(51)16(49)7-41/h13-32,40-42,46-55H,4-9H2,1-3H3,(H,37,43)(H,38,44)(H,39,45)(H,56,57)(H,58,59)/t13-,14-,15+,16+,17+,18+,19+,20+,21+,22+,23+,24+,25-,26+,27+,28+,29+,30-,31?,32-,35+,36-/m0/s1. The van der Waals surface area contributed by atoms with Crippen LogP contribution in [0.15, 0.2) is 0 Å². The van der Waals surface area contributed by atoms with Gasteiger partial charge in [0.25, 0.3) is 11.6 Å². The molecule has 0 spiro atoms. The zero-order chi connectivity index (χ0) is 49.7. The van der Waals surface area contributed by atoms with Crippen LogP contribution in [0.5, 0.6) is 0 Å². The molecule has 66 heavy (non-hydrogen) atoms. The van der Waals surface area contributed by atoms with Gasteiger partial charge in [-0.1, -0.05) is 0 Å². The van der Waals surface area contributed by atoms with Crippen molar-refractivity contribution in [1.29, 1.82) is 0 Å². The van der Waals surface area contributed by atoms with Crippen LogP contribution < -0.4 is 16.0 Å². The van der Waals surface area contributed by atoms with Gasteiger partial charge in [0.2, 0.25) is 17.7 Å². The van der Waals surface area contributed by atoms with Gasteiger partial charge in [-0.15, -0.1) is 0 Å². The van der Waals surface area contributed by atoms with Crippen molar-refractivity contribution in [3.63, 3.8) is 0 Å². The number of ether oxygens (including phenoxy) is 7. The number of carbonyl (C=O) groups excluding carboxylic acids is 3. The molecule has 4 aliphatic rings. The summed E-state index contributed by atoms with van der Waals surface area (Å²) in [5.41, 5.74) is 0. The summed E-state index contributed by atoms with van der Waals surface area (Å²) in [5, 5.41) is 166. The molecule has 0 aliphatic carbocycles. The molecule has 22 atom stereocenters. The third kappa shape index (κ3) is 12.0. The highest BCUT2D eigenvalue weighted by molar-refractivity contribution is 5.77. The van der Waals surface area contributed by atoms with Crippen molar-refractivity contribution in [2.75, 3.05) is 26.4 Å². The highest BCUT2D eigenvalue weighted by Gasteiger charge is 2.61. The number of amides is 3. The molecule has 4 heterocycles. The average Bonchev–Trinajstić information content (AvgIpc) is 3.24. The van der Waals surface area contributed by atoms with E-state index in [2.05, 4.69) is 16.0 Å². The lowest BCUT2D eigenvalue weighted by Crippen LogP contribution is -2.71. The van der Waals surface area contributed by atoms with Gasteiger partial charge in [0, 0.05) is 33.6 Å². The van der Waals surface area contributed by atoms with Crippen LogP contribution >= 0.6 is 0 Å². The third-order valence-corrected chi connectivity index (χ3v) is 11.4. The predicted molar refractivity (Wildman–Crippen MR) is 203 cm³/mol. The number of carboxylic acids is 2. The molecule has 18 N–H and O–H groups in total. The van der Waals surface area contributed by atoms with E-state index < -0.39 is 203 Å². The normalized spacial score (nSPS) is 41.4. The second kappa shape index (κ2) is 22.8.